The number of urea groups is 1. The lowest BCUT2D eigenvalue weighted by atomic mass is 10.3. The number of hydrogen-bond donors (Lipinski definition) is 2. The van der Waals surface area contributed by atoms with E-state index in [9.17, 15) is 22.0 Å². The van der Waals surface area contributed by atoms with E-state index in [4.69, 9.17) is 0 Å². The fourth-order valence-corrected chi connectivity index (χ4v) is 2.48. The number of nitrogens with zero attached hydrogens (tertiary/aromatic N) is 1. The van der Waals surface area contributed by atoms with Gasteiger partial charge in [-0.1, -0.05) is 12.1 Å². The van der Waals surface area contributed by atoms with Crippen molar-refractivity contribution in [1.29, 1.82) is 0 Å². The fourth-order valence-electron chi connectivity index (χ4n) is 1.71. The lowest BCUT2D eigenvalue weighted by molar-refractivity contribution is 0.235. The number of carbonyl (C=O) groups is 1. The molecule has 0 atom stereocenters. The summed E-state index contributed by atoms with van der Waals surface area (Å²) in [7, 11) is -4.70. The van der Waals surface area contributed by atoms with Crippen LogP contribution in [-0.2, 0) is 16.4 Å². The first kappa shape index (κ1) is 16.8. The Morgan fingerprint density at radius 3 is 2.65 bits per heavy atom. The van der Waals surface area contributed by atoms with Gasteiger partial charge in [-0.25, -0.2) is 13.2 Å². The maximum Gasteiger partial charge on any atom is 0.341 e. The van der Waals surface area contributed by atoms with Gasteiger partial charge in [0.1, 0.15) is 0 Å². The van der Waals surface area contributed by atoms with Gasteiger partial charge in [0.25, 0.3) is 0 Å². The molecule has 9 heteroatoms. The molecule has 0 saturated carbocycles. The van der Waals surface area contributed by atoms with Crippen molar-refractivity contribution in [3.05, 3.63) is 54.4 Å². The van der Waals surface area contributed by atoms with E-state index in [2.05, 4.69) is 15.6 Å². The summed E-state index contributed by atoms with van der Waals surface area (Å²) in [5.41, 5.74) is 0.868. The van der Waals surface area contributed by atoms with Crippen molar-refractivity contribution >= 4 is 21.6 Å². The van der Waals surface area contributed by atoms with Crippen LogP contribution in [0.1, 0.15) is 5.56 Å². The zero-order valence-corrected chi connectivity index (χ0v) is 12.6. The molecule has 2 amide bonds. The molecular formula is C14H13F2N3O3S. The number of nitrogens with one attached hydrogen (secondary N) is 2. The Morgan fingerprint density at radius 1 is 1.22 bits per heavy atom. The Bertz CT molecular complexity index is 783. The number of aromatic nitrogens is 1. The first-order chi connectivity index (χ1) is 10.9. The van der Waals surface area contributed by atoms with Crippen LogP contribution in [0.4, 0.5) is 19.3 Å². The summed E-state index contributed by atoms with van der Waals surface area (Å²) in [5.74, 6) is -3.52. The topological polar surface area (TPSA) is 88.2 Å². The molecule has 0 spiro atoms. The van der Waals surface area contributed by atoms with Crippen LogP contribution >= 0.6 is 0 Å². The number of pyridine rings is 1. The summed E-state index contributed by atoms with van der Waals surface area (Å²) in [6.07, 6.45) is 3.18. The van der Waals surface area contributed by atoms with E-state index in [0.717, 1.165) is 17.7 Å². The van der Waals surface area contributed by atoms with Gasteiger partial charge in [0.2, 0.25) is 9.84 Å². The number of sulfone groups is 1. The van der Waals surface area contributed by atoms with Gasteiger partial charge in [0.05, 0.1) is 4.90 Å². The standard InChI is InChI=1S/C14H13F2N3O3S/c15-13(16)23(21,22)12-5-1-4-11(7-12)19-14(20)18-9-10-3-2-6-17-8-10/h1-8,13H,9H2,(H2,18,19,20). The summed E-state index contributed by atoms with van der Waals surface area (Å²) in [6, 6.07) is 7.57. The molecule has 122 valence electrons. The van der Waals surface area contributed by atoms with Crippen molar-refractivity contribution in [2.45, 2.75) is 17.2 Å². The average molecular weight is 341 g/mol. The zero-order valence-electron chi connectivity index (χ0n) is 11.7. The Morgan fingerprint density at radius 2 is 2.00 bits per heavy atom. The highest BCUT2D eigenvalue weighted by molar-refractivity contribution is 7.91. The molecule has 0 saturated heterocycles. The molecule has 0 fully saturated rings. The van der Waals surface area contributed by atoms with Crippen molar-refractivity contribution < 1.29 is 22.0 Å². The number of halogens is 2. The normalized spacial score (nSPS) is 11.3. The molecule has 2 N–H and O–H groups in total. The number of anilines is 1. The van der Waals surface area contributed by atoms with E-state index < -0.39 is 26.5 Å². The first-order valence-electron chi connectivity index (χ1n) is 6.45. The van der Waals surface area contributed by atoms with Crippen LogP contribution in [0, 0.1) is 0 Å². The Hall–Kier alpha value is -2.55. The monoisotopic (exact) mass is 341 g/mol. The molecular weight excluding hydrogens is 328 g/mol. The molecule has 0 aliphatic carbocycles. The van der Waals surface area contributed by atoms with Gasteiger partial charge in [-0.2, -0.15) is 8.78 Å². The average Bonchev–Trinajstić information content (AvgIpc) is 2.54. The van der Waals surface area contributed by atoms with Crippen molar-refractivity contribution in [3.8, 4) is 0 Å². The molecule has 0 bridgehead atoms. The molecule has 2 rings (SSSR count). The molecule has 1 heterocycles. The lowest BCUT2D eigenvalue weighted by Crippen LogP contribution is -2.28. The van der Waals surface area contributed by atoms with Crippen LogP contribution in [0.2, 0.25) is 0 Å². The third-order valence-corrected chi connectivity index (χ3v) is 4.21. The van der Waals surface area contributed by atoms with Gasteiger partial charge in [0.15, 0.2) is 0 Å². The SMILES string of the molecule is O=C(NCc1cccnc1)Nc1cccc(S(=O)(=O)C(F)F)c1. The van der Waals surface area contributed by atoms with Crippen molar-refractivity contribution in [2.75, 3.05) is 5.32 Å². The highest BCUT2D eigenvalue weighted by atomic mass is 32.2. The molecule has 0 aliphatic rings. The number of amides is 2. The van der Waals surface area contributed by atoms with E-state index in [1.807, 2.05) is 0 Å². The van der Waals surface area contributed by atoms with Gasteiger partial charge in [0, 0.05) is 24.6 Å². The maximum absolute atomic E-state index is 12.5. The Labute approximate surface area is 131 Å². The maximum atomic E-state index is 12.5. The molecule has 0 radical (unpaired) electrons. The summed E-state index contributed by atoms with van der Waals surface area (Å²) < 4.78 is 47.8. The van der Waals surface area contributed by atoms with Gasteiger partial charge in [-0.05, 0) is 29.8 Å². The highest BCUT2D eigenvalue weighted by Gasteiger charge is 2.26. The van der Waals surface area contributed by atoms with E-state index in [-0.39, 0.29) is 12.2 Å². The predicted molar refractivity (Wildman–Crippen MR) is 79.7 cm³/mol. The Kier molecular flexibility index (Phi) is 5.22. The van der Waals surface area contributed by atoms with Crippen LogP contribution in [-0.4, -0.2) is 25.2 Å². The molecule has 1 aromatic carbocycles. The van der Waals surface area contributed by atoms with E-state index in [1.54, 1.807) is 24.5 Å². The van der Waals surface area contributed by atoms with Gasteiger partial charge >= 0.3 is 11.8 Å². The molecule has 1 aromatic heterocycles. The van der Waals surface area contributed by atoms with E-state index in [0.29, 0.717) is 0 Å². The fraction of sp³-hybridized carbons (Fsp3) is 0.143. The van der Waals surface area contributed by atoms with Crippen LogP contribution in [0.3, 0.4) is 0 Å². The Balaban J connectivity index is 2.02. The number of benzene rings is 1. The van der Waals surface area contributed by atoms with Crippen molar-refractivity contribution in [1.82, 2.24) is 10.3 Å². The van der Waals surface area contributed by atoms with E-state index >= 15 is 0 Å². The second-order valence-corrected chi connectivity index (χ2v) is 6.42. The minimum Gasteiger partial charge on any atom is -0.334 e. The molecule has 0 aliphatic heterocycles. The van der Waals surface area contributed by atoms with Crippen LogP contribution in [0.5, 0.6) is 0 Å². The number of alkyl halides is 2. The largest absolute Gasteiger partial charge is 0.341 e. The van der Waals surface area contributed by atoms with E-state index in [1.165, 1.54) is 12.1 Å². The van der Waals surface area contributed by atoms with Gasteiger partial charge in [-0.15, -0.1) is 0 Å². The van der Waals surface area contributed by atoms with Crippen molar-refractivity contribution in [3.63, 3.8) is 0 Å². The highest BCUT2D eigenvalue weighted by Crippen LogP contribution is 2.21. The quantitative estimate of drug-likeness (QED) is 0.874. The van der Waals surface area contributed by atoms with Crippen LogP contribution in [0.15, 0.2) is 53.7 Å². The van der Waals surface area contributed by atoms with Crippen molar-refractivity contribution in [2.24, 2.45) is 0 Å². The van der Waals surface area contributed by atoms with Crippen LogP contribution in [0.25, 0.3) is 0 Å². The summed E-state index contributed by atoms with van der Waals surface area (Å²) in [4.78, 5) is 15.1. The van der Waals surface area contributed by atoms with Crippen LogP contribution < -0.4 is 10.6 Å². The lowest BCUT2D eigenvalue weighted by Gasteiger charge is -2.09. The summed E-state index contributed by atoms with van der Waals surface area (Å²) >= 11 is 0. The summed E-state index contributed by atoms with van der Waals surface area (Å²) in [5, 5.41) is 4.92. The minimum absolute atomic E-state index is 0.0930. The second kappa shape index (κ2) is 7.14. The van der Waals surface area contributed by atoms with Gasteiger partial charge < -0.3 is 10.6 Å². The third kappa shape index (κ3) is 4.46. The minimum atomic E-state index is -4.70. The zero-order chi connectivity index (χ0) is 16.9. The van der Waals surface area contributed by atoms with Gasteiger partial charge in [-0.3, -0.25) is 4.98 Å². The summed E-state index contributed by atoms with van der Waals surface area (Å²) in [6.45, 7) is 0.217. The number of carbonyl (C=O) groups excluding carboxylic acids is 1. The third-order valence-electron chi connectivity index (χ3n) is 2.83. The molecule has 23 heavy (non-hydrogen) atoms. The first-order valence-corrected chi connectivity index (χ1v) is 8.00. The molecule has 6 nitrogen and oxygen atoms in total. The second-order valence-electron chi connectivity index (χ2n) is 4.50. The predicted octanol–water partition coefficient (Wildman–Crippen LogP) is 2.40. The molecule has 2 aromatic rings. The smallest absolute Gasteiger partial charge is 0.334 e. The molecule has 0 unspecified atom stereocenters. The number of hydrogen-bond acceptors (Lipinski definition) is 4. The number of rotatable bonds is 5.